The van der Waals surface area contributed by atoms with Crippen LogP contribution in [0.5, 0.6) is 11.5 Å². The van der Waals surface area contributed by atoms with E-state index < -0.39 is 37.3 Å². The Morgan fingerprint density at radius 1 is 1.20 bits per heavy atom. The Hall–Kier alpha value is -1.71. The van der Waals surface area contributed by atoms with Crippen molar-refractivity contribution in [3.63, 3.8) is 0 Å². The van der Waals surface area contributed by atoms with Crippen LogP contribution in [0.15, 0.2) is 18.2 Å². The molecular weight excluding hydrogens is 332 g/mol. The average Bonchev–Trinajstić information content (AvgIpc) is 2.57. The van der Waals surface area contributed by atoms with Crippen LogP contribution in [0.25, 0.3) is 0 Å². The van der Waals surface area contributed by atoms with Crippen molar-refractivity contribution in [3.05, 3.63) is 23.8 Å². The molecule has 1 fully saturated rings. The minimum Gasteiger partial charge on any atom is -0.508 e. The van der Waals surface area contributed by atoms with Gasteiger partial charge in [-0.25, -0.2) is 0 Å². The van der Waals surface area contributed by atoms with Gasteiger partial charge in [0, 0.05) is 24.0 Å². The van der Waals surface area contributed by atoms with Crippen molar-refractivity contribution in [1.29, 1.82) is 0 Å². The van der Waals surface area contributed by atoms with E-state index in [9.17, 15) is 30.3 Å². The largest absolute Gasteiger partial charge is 0.508 e. The Labute approximate surface area is 145 Å². The molecule has 0 radical (unpaired) electrons. The molecule has 0 aliphatic carbocycles. The van der Waals surface area contributed by atoms with Crippen LogP contribution in [0, 0.1) is 5.92 Å². The number of ether oxygens (including phenoxy) is 2. The molecule has 0 unspecified atom stereocenters. The first kappa shape index (κ1) is 19.6. The number of aliphatic hydroxyl groups is 4. The number of carbonyl (C=O) groups is 1. The second kappa shape index (κ2) is 8.11. The van der Waals surface area contributed by atoms with E-state index >= 15 is 0 Å². The zero-order valence-corrected chi connectivity index (χ0v) is 14.1. The second-order valence-corrected chi connectivity index (χ2v) is 6.40. The second-order valence-electron chi connectivity index (χ2n) is 6.40. The highest BCUT2D eigenvalue weighted by molar-refractivity contribution is 5.83. The van der Waals surface area contributed by atoms with Crippen molar-refractivity contribution in [2.75, 3.05) is 6.61 Å². The van der Waals surface area contributed by atoms with Gasteiger partial charge in [0.2, 0.25) is 6.29 Å². The molecule has 5 atom stereocenters. The van der Waals surface area contributed by atoms with E-state index in [1.807, 2.05) is 0 Å². The first-order chi connectivity index (χ1) is 11.7. The Bertz CT molecular complexity index is 600. The van der Waals surface area contributed by atoms with Crippen molar-refractivity contribution >= 4 is 5.78 Å². The van der Waals surface area contributed by atoms with E-state index in [-0.39, 0.29) is 29.6 Å². The van der Waals surface area contributed by atoms with Gasteiger partial charge in [0.25, 0.3) is 0 Å². The molecule has 1 aliphatic heterocycles. The number of carbonyl (C=O) groups excluding carboxylic acids is 1. The lowest BCUT2D eigenvalue weighted by Gasteiger charge is -2.39. The smallest absolute Gasteiger partial charge is 0.229 e. The lowest BCUT2D eigenvalue weighted by atomic mass is 9.98. The van der Waals surface area contributed by atoms with Crippen molar-refractivity contribution in [1.82, 2.24) is 0 Å². The molecule has 2 rings (SSSR count). The molecule has 0 bridgehead atoms. The van der Waals surface area contributed by atoms with Gasteiger partial charge in [-0.1, -0.05) is 19.9 Å². The molecule has 5 N–H and O–H groups in total. The lowest BCUT2D eigenvalue weighted by molar-refractivity contribution is -0.277. The van der Waals surface area contributed by atoms with E-state index in [2.05, 4.69) is 0 Å². The fraction of sp³-hybridized carbons (Fsp3) is 0.588. The Morgan fingerprint density at radius 3 is 2.48 bits per heavy atom. The highest BCUT2D eigenvalue weighted by Gasteiger charge is 2.44. The Kier molecular flexibility index (Phi) is 6.36. The summed E-state index contributed by atoms with van der Waals surface area (Å²) in [5.41, 5.74) is 0.480. The molecule has 0 aromatic heterocycles. The topological polar surface area (TPSA) is 137 Å². The number of aliphatic hydroxyl groups excluding tert-OH is 4. The minimum absolute atomic E-state index is 0.0376. The highest BCUT2D eigenvalue weighted by Crippen LogP contribution is 2.30. The SMILES string of the molecule is CC(C)C(=O)Cc1ccc(O)cc1O[C@@H]1O[C@H](CO)[C@@H](O)[C@H](O)[C@H]1O. The van der Waals surface area contributed by atoms with Gasteiger partial charge in [-0.2, -0.15) is 0 Å². The van der Waals surface area contributed by atoms with Crippen LogP contribution in [0.4, 0.5) is 0 Å². The summed E-state index contributed by atoms with van der Waals surface area (Å²) in [7, 11) is 0. The molecule has 0 spiro atoms. The number of Topliss-reactive ketones (excluding diaryl/α,β-unsaturated/α-hetero) is 1. The molecule has 25 heavy (non-hydrogen) atoms. The molecule has 0 saturated carbocycles. The monoisotopic (exact) mass is 356 g/mol. The zero-order valence-electron chi connectivity index (χ0n) is 14.1. The van der Waals surface area contributed by atoms with Crippen LogP contribution >= 0.6 is 0 Å². The van der Waals surface area contributed by atoms with Crippen molar-refractivity contribution in [3.8, 4) is 11.5 Å². The van der Waals surface area contributed by atoms with Gasteiger partial charge in [-0.15, -0.1) is 0 Å². The predicted octanol–water partition coefficient (Wildman–Crippen LogP) is -0.662. The number of phenolic OH excluding ortho intramolecular Hbond substituents is 1. The third kappa shape index (κ3) is 4.47. The van der Waals surface area contributed by atoms with Gasteiger partial charge in [-0.3, -0.25) is 4.79 Å². The quantitative estimate of drug-likeness (QED) is 0.453. The van der Waals surface area contributed by atoms with Crippen molar-refractivity contribution in [2.45, 2.75) is 51.0 Å². The number of hydrogen-bond donors (Lipinski definition) is 5. The maximum absolute atomic E-state index is 12.0. The Balaban J connectivity index is 2.23. The van der Waals surface area contributed by atoms with Gasteiger partial charge in [-0.05, 0) is 6.07 Å². The summed E-state index contributed by atoms with van der Waals surface area (Å²) in [5.74, 6) is -0.225. The van der Waals surface area contributed by atoms with Crippen LogP contribution in [0.1, 0.15) is 19.4 Å². The number of aromatic hydroxyl groups is 1. The van der Waals surface area contributed by atoms with Gasteiger partial charge in [0.15, 0.2) is 0 Å². The van der Waals surface area contributed by atoms with Gasteiger partial charge >= 0.3 is 0 Å². The molecule has 1 saturated heterocycles. The molecule has 1 heterocycles. The third-order valence-electron chi connectivity index (χ3n) is 4.15. The van der Waals surface area contributed by atoms with E-state index in [0.29, 0.717) is 5.56 Å². The van der Waals surface area contributed by atoms with Crippen LogP contribution in [0.3, 0.4) is 0 Å². The number of hydrogen-bond acceptors (Lipinski definition) is 8. The fourth-order valence-electron chi connectivity index (χ4n) is 2.48. The fourth-order valence-corrected chi connectivity index (χ4v) is 2.48. The van der Waals surface area contributed by atoms with Crippen LogP contribution in [-0.4, -0.2) is 68.6 Å². The first-order valence-corrected chi connectivity index (χ1v) is 8.06. The predicted molar refractivity (Wildman–Crippen MR) is 86.1 cm³/mol. The van der Waals surface area contributed by atoms with Crippen LogP contribution in [-0.2, 0) is 16.0 Å². The zero-order chi connectivity index (χ0) is 18.7. The summed E-state index contributed by atoms with van der Waals surface area (Å²) in [6.45, 7) is 2.95. The molecule has 8 heteroatoms. The maximum Gasteiger partial charge on any atom is 0.229 e. The first-order valence-electron chi connectivity index (χ1n) is 8.06. The summed E-state index contributed by atoms with van der Waals surface area (Å²) in [5, 5.41) is 48.5. The van der Waals surface area contributed by atoms with E-state index in [1.165, 1.54) is 18.2 Å². The molecule has 1 aromatic carbocycles. The molecule has 8 nitrogen and oxygen atoms in total. The van der Waals surface area contributed by atoms with E-state index in [1.54, 1.807) is 13.8 Å². The number of benzene rings is 1. The van der Waals surface area contributed by atoms with E-state index in [0.717, 1.165) is 0 Å². The van der Waals surface area contributed by atoms with Gasteiger partial charge in [0.05, 0.1) is 6.61 Å². The molecule has 140 valence electrons. The summed E-state index contributed by atoms with van der Waals surface area (Å²) >= 11 is 0. The Morgan fingerprint density at radius 2 is 1.88 bits per heavy atom. The molecule has 0 amide bonds. The number of ketones is 1. The lowest BCUT2D eigenvalue weighted by Crippen LogP contribution is -2.60. The third-order valence-corrected chi connectivity index (χ3v) is 4.15. The normalized spacial score (nSPS) is 29.6. The summed E-state index contributed by atoms with van der Waals surface area (Å²) < 4.78 is 10.8. The van der Waals surface area contributed by atoms with Crippen LogP contribution < -0.4 is 4.74 Å². The number of phenols is 1. The maximum atomic E-state index is 12.0. The van der Waals surface area contributed by atoms with Crippen molar-refractivity contribution in [2.24, 2.45) is 5.92 Å². The van der Waals surface area contributed by atoms with Crippen molar-refractivity contribution < 1.29 is 39.8 Å². The van der Waals surface area contributed by atoms with Gasteiger partial charge in [0.1, 0.15) is 41.7 Å². The van der Waals surface area contributed by atoms with Gasteiger partial charge < -0.3 is 35.0 Å². The summed E-state index contributed by atoms with van der Waals surface area (Å²) in [6, 6.07) is 4.20. The minimum atomic E-state index is -1.58. The standard InChI is InChI=1S/C17H24O8/c1-8(2)11(20)5-9-3-4-10(19)6-12(9)24-17-16(23)15(22)14(21)13(7-18)25-17/h3-4,6,8,13-19,21-23H,5,7H2,1-2H3/t13-,14-,15+,16-,17-/m1/s1. The van der Waals surface area contributed by atoms with E-state index in [4.69, 9.17) is 9.47 Å². The molecule has 1 aliphatic rings. The highest BCUT2D eigenvalue weighted by atomic mass is 16.7. The average molecular weight is 356 g/mol. The molecular formula is C17H24O8. The van der Waals surface area contributed by atoms with Crippen LogP contribution in [0.2, 0.25) is 0 Å². The summed E-state index contributed by atoms with van der Waals surface area (Å²) in [6.07, 6.45) is -7.08. The number of rotatable bonds is 6. The molecule has 1 aromatic rings. The summed E-state index contributed by atoms with van der Waals surface area (Å²) in [4.78, 5) is 12.0.